The fourth-order valence-electron chi connectivity index (χ4n) is 3.55. The first-order chi connectivity index (χ1) is 13.8. The van der Waals surface area contributed by atoms with E-state index in [4.69, 9.17) is 9.47 Å². The molecule has 0 aliphatic heterocycles. The average molecular weight is 449 g/mol. The van der Waals surface area contributed by atoms with Crippen LogP contribution in [0.1, 0.15) is 76.7 Å². The third kappa shape index (κ3) is 7.66. The lowest BCUT2D eigenvalue weighted by atomic mass is 10.0. The summed E-state index contributed by atoms with van der Waals surface area (Å²) in [4.78, 5) is 0. The highest BCUT2D eigenvalue weighted by Gasteiger charge is 2.11. The summed E-state index contributed by atoms with van der Waals surface area (Å²) in [7, 11) is 0. The molecule has 0 radical (unpaired) electrons. The minimum absolute atomic E-state index is 0.781. The van der Waals surface area contributed by atoms with E-state index >= 15 is 0 Å². The summed E-state index contributed by atoms with van der Waals surface area (Å²) in [5.41, 5.74) is 1.17. The summed E-state index contributed by atoms with van der Waals surface area (Å²) in [6.07, 6.45) is 12.5. The SMILES string of the molecule is CCCCCCCCOc1c(C)cc(OCCCCCCBr)c2ccccc12. The van der Waals surface area contributed by atoms with Crippen LogP contribution >= 0.6 is 15.9 Å². The average Bonchev–Trinajstić information content (AvgIpc) is 2.71. The minimum atomic E-state index is 0.781. The molecule has 0 unspecified atom stereocenters. The predicted octanol–water partition coefficient (Wildman–Crippen LogP) is 8.22. The first-order valence-corrected chi connectivity index (χ1v) is 12.2. The maximum Gasteiger partial charge on any atom is 0.130 e. The molecule has 2 rings (SSSR count). The van der Waals surface area contributed by atoms with Crippen LogP contribution in [0.2, 0.25) is 0 Å². The van der Waals surface area contributed by atoms with E-state index in [0.29, 0.717) is 0 Å². The fourth-order valence-corrected chi connectivity index (χ4v) is 3.94. The van der Waals surface area contributed by atoms with E-state index in [9.17, 15) is 0 Å². The largest absolute Gasteiger partial charge is 0.493 e. The van der Waals surface area contributed by atoms with Crippen LogP contribution in [0.5, 0.6) is 11.5 Å². The first-order valence-electron chi connectivity index (χ1n) is 11.1. The van der Waals surface area contributed by atoms with Gasteiger partial charge in [0.25, 0.3) is 0 Å². The number of hydrogen-bond acceptors (Lipinski definition) is 2. The molecule has 0 aromatic heterocycles. The minimum Gasteiger partial charge on any atom is -0.493 e. The molecule has 0 aliphatic rings. The summed E-state index contributed by atoms with van der Waals surface area (Å²) < 4.78 is 12.4. The van der Waals surface area contributed by atoms with Crippen molar-refractivity contribution in [1.29, 1.82) is 0 Å². The lowest BCUT2D eigenvalue weighted by Gasteiger charge is -2.16. The monoisotopic (exact) mass is 448 g/mol. The van der Waals surface area contributed by atoms with E-state index in [1.54, 1.807) is 0 Å². The molecule has 0 fully saturated rings. The molecule has 0 N–H and O–H groups in total. The highest BCUT2D eigenvalue weighted by Crippen LogP contribution is 2.36. The zero-order valence-electron chi connectivity index (χ0n) is 17.8. The quantitative estimate of drug-likeness (QED) is 0.201. The molecule has 0 bridgehead atoms. The number of rotatable bonds is 15. The van der Waals surface area contributed by atoms with E-state index in [1.807, 2.05) is 0 Å². The summed E-state index contributed by atoms with van der Waals surface area (Å²) in [6, 6.07) is 10.6. The number of ether oxygens (including phenoxy) is 2. The Bertz CT molecular complexity index is 684. The van der Waals surface area contributed by atoms with Gasteiger partial charge in [0.05, 0.1) is 13.2 Å². The van der Waals surface area contributed by atoms with Gasteiger partial charge in [-0.3, -0.25) is 0 Å². The maximum absolute atomic E-state index is 6.22. The van der Waals surface area contributed by atoms with Crippen molar-refractivity contribution in [1.82, 2.24) is 0 Å². The molecule has 156 valence electrons. The van der Waals surface area contributed by atoms with Crippen molar-refractivity contribution in [2.24, 2.45) is 0 Å². The van der Waals surface area contributed by atoms with Gasteiger partial charge in [-0.25, -0.2) is 0 Å². The molecule has 2 aromatic carbocycles. The molecule has 2 nitrogen and oxygen atoms in total. The second kappa shape index (κ2) is 13.9. The Morgan fingerprint density at radius 1 is 0.750 bits per heavy atom. The Morgan fingerprint density at radius 3 is 2.07 bits per heavy atom. The summed E-state index contributed by atoms with van der Waals surface area (Å²) in [5.74, 6) is 2.01. The highest BCUT2D eigenvalue weighted by atomic mass is 79.9. The third-order valence-electron chi connectivity index (χ3n) is 5.17. The molecule has 2 aromatic rings. The zero-order valence-corrected chi connectivity index (χ0v) is 19.4. The van der Waals surface area contributed by atoms with Crippen LogP contribution in [0.15, 0.2) is 30.3 Å². The predicted molar refractivity (Wildman–Crippen MR) is 125 cm³/mol. The van der Waals surface area contributed by atoms with Crippen molar-refractivity contribution in [3.63, 3.8) is 0 Å². The van der Waals surface area contributed by atoms with Gasteiger partial charge in [0.1, 0.15) is 11.5 Å². The third-order valence-corrected chi connectivity index (χ3v) is 5.73. The first kappa shape index (κ1) is 23.1. The topological polar surface area (TPSA) is 18.5 Å². The molecular weight excluding hydrogens is 412 g/mol. The van der Waals surface area contributed by atoms with Crippen molar-refractivity contribution in [3.8, 4) is 11.5 Å². The van der Waals surface area contributed by atoms with Gasteiger partial charge < -0.3 is 9.47 Å². The van der Waals surface area contributed by atoms with Crippen LogP contribution in [0.3, 0.4) is 0 Å². The molecule has 0 saturated heterocycles. The van der Waals surface area contributed by atoms with Gasteiger partial charge in [0.15, 0.2) is 0 Å². The molecule has 0 spiro atoms. The van der Waals surface area contributed by atoms with Gasteiger partial charge in [-0.05, 0) is 37.8 Å². The van der Waals surface area contributed by atoms with Crippen LogP contribution in [0.4, 0.5) is 0 Å². The Hall–Kier alpha value is -1.22. The number of halogens is 1. The van der Waals surface area contributed by atoms with Crippen molar-refractivity contribution < 1.29 is 9.47 Å². The van der Waals surface area contributed by atoms with E-state index in [-0.39, 0.29) is 0 Å². The van der Waals surface area contributed by atoms with Gasteiger partial charge >= 0.3 is 0 Å². The van der Waals surface area contributed by atoms with Crippen molar-refractivity contribution in [2.75, 3.05) is 18.5 Å². The summed E-state index contributed by atoms with van der Waals surface area (Å²) in [6.45, 7) is 5.97. The Labute approximate surface area is 180 Å². The Morgan fingerprint density at radius 2 is 1.36 bits per heavy atom. The highest BCUT2D eigenvalue weighted by molar-refractivity contribution is 9.09. The number of alkyl halides is 1. The summed E-state index contributed by atoms with van der Waals surface area (Å²) >= 11 is 3.49. The van der Waals surface area contributed by atoms with Gasteiger partial charge in [-0.2, -0.15) is 0 Å². The molecule has 0 amide bonds. The molecule has 0 heterocycles. The number of fused-ring (bicyclic) bond motifs is 1. The second-order valence-corrected chi connectivity index (χ2v) is 8.43. The van der Waals surface area contributed by atoms with E-state index in [2.05, 4.69) is 60.1 Å². The van der Waals surface area contributed by atoms with Crippen LogP contribution in [-0.4, -0.2) is 18.5 Å². The lowest BCUT2D eigenvalue weighted by Crippen LogP contribution is -2.02. The van der Waals surface area contributed by atoms with Crippen LogP contribution in [0, 0.1) is 6.92 Å². The second-order valence-electron chi connectivity index (χ2n) is 7.63. The maximum atomic E-state index is 6.22. The van der Waals surface area contributed by atoms with Crippen LogP contribution < -0.4 is 9.47 Å². The van der Waals surface area contributed by atoms with Gasteiger partial charge in [0, 0.05) is 16.1 Å². The van der Waals surface area contributed by atoms with Crippen molar-refractivity contribution in [2.45, 2.75) is 78.1 Å². The number of benzene rings is 2. The van der Waals surface area contributed by atoms with Crippen molar-refractivity contribution in [3.05, 3.63) is 35.9 Å². The van der Waals surface area contributed by atoms with Crippen molar-refractivity contribution >= 4 is 26.7 Å². The van der Waals surface area contributed by atoms with Gasteiger partial charge in [0.2, 0.25) is 0 Å². The standard InChI is InChI=1S/C25H37BrO2/c1-3-4-5-6-8-14-19-28-25-21(2)20-24(22-15-10-11-16-23(22)25)27-18-13-9-7-12-17-26/h10-11,15-16,20H,3-9,12-14,17-19H2,1-2H3. The molecule has 0 saturated carbocycles. The van der Waals surface area contributed by atoms with Gasteiger partial charge in [-0.15, -0.1) is 0 Å². The molecule has 3 heteroatoms. The number of unbranched alkanes of at least 4 members (excludes halogenated alkanes) is 8. The molecule has 28 heavy (non-hydrogen) atoms. The van der Waals surface area contributed by atoms with Gasteiger partial charge in [-0.1, -0.05) is 92.1 Å². The number of hydrogen-bond donors (Lipinski definition) is 0. The van der Waals surface area contributed by atoms with E-state index < -0.39 is 0 Å². The molecular formula is C25H37BrO2. The lowest BCUT2D eigenvalue weighted by molar-refractivity contribution is 0.300. The normalized spacial score (nSPS) is 11.1. The Kier molecular flexibility index (Phi) is 11.4. The fraction of sp³-hybridized carbons (Fsp3) is 0.600. The Balaban J connectivity index is 1.93. The number of aryl methyl sites for hydroxylation is 1. The smallest absolute Gasteiger partial charge is 0.130 e. The zero-order chi connectivity index (χ0) is 20.0. The molecule has 0 aliphatic carbocycles. The van der Waals surface area contributed by atoms with Crippen LogP contribution in [0.25, 0.3) is 10.8 Å². The summed E-state index contributed by atoms with van der Waals surface area (Å²) in [5, 5.41) is 3.42. The van der Waals surface area contributed by atoms with Crippen LogP contribution in [-0.2, 0) is 0 Å². The van der Waals surface area contributed by atoms with E-state index in [0.717, 1.165) is 48.3 Å². The molecule has 0 atom stereocenters. The van der Waals surface area contributed by atoms with E-state index in [1.165, 1.54) is 62.3 Å².